The lowest BCUT2D eigenvalue weighted by molar-refractivity contribution is -0.158. The summed E-state index contributed by atoms with van der Waals surface area (Å²) in [5.74, 6) is -1.18. The van der Waals surface area contributed by atoms with E-state index in [1.54, 1.807) is 32.0 Å². The van der Waals surface area contributed by atoms with Crippen LogP contribution in [0.2, 0.25) is 10.0 Å². The zero-order chi connectivity index (χ0) is 19.0. The molecule has 0 saturated carbocycles. The molecule has 3 N–H and O–H groups in total. The van der Waals surface area contributed by atoms with Crippen LogP contribution in [-0.4, -0.2) is 30.6 Å². The van der Waals surface area contributed by atoms with Crippen molar-refractivity contribution in [3.05, 3.63) is 28.2 Å². The molecule has 1 atom stereocenters. The van der Waals surface area contributed by atoms with Gasteiger partial charge in [0.25, 0.3) is 5.91 Å². The maximum absolute atomic E-state index is 11.9. The first-order valence-electron chi connectivity index (χ1n) is 7.58. The molecule has 0 radical (unpaired) electrons. The Balaban J connectivity index is 2.42. The molecule has 0 aromatic heterocycles. The highest BCUT2D eigenvalue weighted by Crippen LogP contribution is 2.27. The molecule has 0 fully saturated rings. The summed E-state index contributed by atoms with van der Waals surface area (Å²) in [6.45, 7) is 3.60. The Morgan fingerprint density at radius 1 is 1.24 bits per heavy atom. The second kappa shape index (κ2) is 10.1. The molecule has 1 rings (SSSR count). The van der Waals surface area contributed by atoms with Gasteiger partial charge in [0.2, 0.25) is 0 Å². The highest BCUT2D eigenvalue weighted by atomic mass is 35.5. The number of hydrogen-bond acceptors (Lipinski definition) is 5. The van der Waals surface area contributed by atoms with Crippen LogP contribution >= 0.6 is 23.2 Å². The maximum atomic E-state index is 11.9. The van der Waals surface area contributed by atoms with E-state index in [4.69, 9.17) is 38.4 Å². The molecule has 1 aromatic carbocycles. The number of ether oxygens (including phenoxy) is 2. The Bertz CT molecular complexity index is 637. The van der Waals surface area contributed by atoms with Crippen LogP contribution in [-0.2, 0) is 14.3 Å². The van der Waals surface area contributed by atoms with Crippen molar-refractivity contribution in [1.29, 1.82) is 0 Å². The van der Waals surface area contributed by atoms with Gasteiger partial charge in [-0.15, -0.1) is 0 Å². The number of esters is 1. The molecule has 0 aliphatic rings. The Kier molecular flexibility index (Phi) is 8.51. The van der Waals surface area contributed by atoms with Crippen molar-refractivity contribution in [3.63, 3.8) is 0 Å². The molecule has 0 spiro atoms. The lowest BCUT2D eigenvalue weighted by atomic mass is 10.1. The molecule has 0 saturated heterocycles. The largest absolute Gasteiger partial charge is 0.492 e. The topological polar surface area (TPSA) is 108 Å². The Morgan fingerprint density at radius 3 is 2.48 bits per heavy atom. The highest BCUT2D eigenvalue weighted by Gasteiger charge is 2.27. The molecule has 138 valence electrons. The van der Waals surface area contributed by atoms with Gasteiger partial charge in [-0.2, -0.15) is 0 Å². The maximum Gasteiger partial charge on any atom is 0.318 e. The quantitative estimate of drug-likeness (QED) is 0.523. The van der Waals surface area contributed by atoms with Gasteiger partial charge >= 0.3 is 12.0 Å². The SMILES string of the molecule is CC(C)[C@@H](OC(=O)CCCOc1ccc(Cl)cc1Cl)C(=O)NC(N)=O. The van der Waals surface area contributed by atoms with E-state index in [1.165, 1.54) is 0 Å². The van der Waals surface area contributed by atoms with Gasteiger partial charge in [-0.05, 0) is 30.5 Å². The number of amides is 3. The van der Waals surface area contributed by atoms with E-state index in [1.807, 2.05) is 5.32 Å². The number of benzene rings is 1. The number of halogens is 2. The molecule has 0 aliphatic heterocycles. The van der Waals surface area contributed by atoms with Crippen molar-refractivity contribution in [2.24, 2.45) is 11.7 Å². The number of imide groups is 1. The summed E-state index contributed by atoms with van der Waals surface area (Å²) in [6.07, 6.45) is -0.690. The summed E-state index contributed by atoms with van der Waals surface area (Å²) in [6, 6.07) is 3.82. The number of rotatable bonds is 8. The molecule has 3 amide bonds. The lowest BCUT2D eigenvalue weighted by Crippen LogP contribution is -2.45. The summed E-state index contributed by atoms with van der Waals surface area (Å²) in [5.41, 5.74) is 4.89. The van der Waals surface area contributed by atoms with E-state index in [2.05, 4.69) is 0 Å². The highest BCUT2D eigenvalue weighted by molar-refractivity contribution is 6.35. The third-order valence-corrected chi connectivity index (χ3v) is 3.58. The molecular weight excluding hydrogens is 371 g/mol. The molecule has 1 aromatic rings. The minimum absolute atomic E-state index is 0.0400. The summed E-state index contributed by atoms with van der Waals surface area (Å²) in [5, 5.41) is 2.77. The van der Waals surface area contributed by atoms with Crippen LogP contribution in [0.4, 0.5) is 4.79 Å². The predicted octanol–water partition coefficient (Wildman–Crippen LogP) is 2.92. The predicted molar refractivity (Wildman–Crippen MR) is 93.6 cm³/mol. The number of urea groups is 1. The van der Waals surface area contributed by atoms with Crippen LogP contribution < -0.4 is 15.8 Å². The van der Waals surface area contributed by atoms with Gasteiger partial charge in [-0.3, -0.25) is 14.9 Å². The van der Waals surface area contributed by atoms with E-state index < -0.39 is 24.0 Å². The van der Waals surface area contributed by atoms with Gasteiger partial charge in [0.05, 0.1) is 11.6 Å². The first-order chi connectivity index (χ1) is 11.7. The monoisotopic (exact) mass is 390 g/mol. The minimum Gasteiger partial charge on any atom is -0.492 e. The summed E-state index contributed by atoms with van der Waals surface area (Å²) in [4.78, 5) is 34.4. The second-order valence-electron chi connectivity index (χ2n) is 5.53. The number of hydrogen-bond donors (Lipinski definition) is 2. The summed E-state index contributed by atoms with van der Waals surface area (Å²) >= 11 is 11.8. The fourth-order valence-corrected chi connectivity index (χ4v) is 2.34. The van der Waals surface area contributed by atoms with Crippen LogP contribution in [0.5, 0.6) is 5.75 Å². The summed E-state index contributed by atoms with van der Waals surface area (Å²) in [7, 11) is 0. The zero-order valence-corrected chi connectivity index (χ0v) is 15.4. The molecular formula is C16H20Cl2N2O5. The molecule has 25 heavy (non-hydrogen) atoms. The van der Waals surface area contributed by atoms with E-state index in [0.717, 1.165) is 0 Å². The Labute approximate surface area is 155 Å². The number of carbonyl (C=O) groups excluding carboxylic acids is 3. The van der Waals surface area contributed by atoms with Gasteiger partial charge in [0.1, 0.15) is 5.75 Å². The fraction of sp³-hybridized carbons (Fsp3) is 0.438. The van der Waals surface area contributed by atoms with Crippen molar-refractivity contribution in [2.45, 2.75) is 32.8 Å². The molecule has 0 bridgehead atoms. The second-order valence-corrected chi connectivity index (χ2v) is 6.38. The average Bonchev–Trinajstić information content (AvgIpc) is 2.49. The molecule has 7 nitrogen and oxygen atoms in total. The smallest absolute Gasteiger partial charge is 0.318 e. The number of nitrogens with one attached hydrogen (secondary N) is 1. The van der Waals surface area contributed by atoms with Gasteiger partial charge in [-0.1, -0.05) is 37.0 Å². The molecule has 0 heterocycles. The Morgan fingerprint density at radius 2 is 1.92 bits per heavy atom. The van der Waals surface area contributed by atoms with Crippen LogP contribution in [0.1, 0.15) is 26.7 Å². The molecule has 0 aliphatic carbocycles. The van der Waals surface area contributed by atoms with Crippen LogP contribution in [0.15, 0.2) is 18.2 Å². The average molecular weight is 391 g/mol. The van der Waals surface area contributed by atoms with E-state index in [9.17, 15) is 14.4 Å². The standard InChI is InChI=1S/C16H20Cl2N2O5/c1-9(2)14(15(22)20-16(19)23)25-13(21)4-3-7-24-12-6-5-10(17)8-11(12)18/h5-6,8-9,14H,3-4,7H2,1-2H3,(H3,19,20,22,23)/t14-/m1/s1. The van der Waals surface area contributed by atoms with E-state index in [-0.39, 0.29) is 18.9 Å². The molecule has 0 unspecified atom stereocenters. The minimum atomic E-state index is -1.09. The number of carbonyl (C=O) groups is 3. The van der Waals surface area contributed by atoms with Crippen molar-refractivity contribution >= 4 is 41.1 Å². The van der Waals surface area contributed by atoms with Crippen molar-refractivity contribution < 1.29 is 23.9 Å². The van der Waals surface area contributed by atoms with E-state index in [0.29, 0.717) is 22.2 Å². The van der Waals surface area contributed by atoms with Gasteiger partial charge in [0, 0.05) is 11.4 Å². The first kappa shape index (κ1) is 21.1. The fourth-order valence-electron chi connectivity index (χ4n) is 1.88. The van der Waals surface area contributed by atoms with E-state index >= 15 is 0 Å². The normalized spacial score (nSPS) is 11.7. The number of nitrogens with two attached hydrogens (primary N) is 1. The third-order valence-electron chi connectivity index (χ3n) is 3.05. The van der Waals surface area contributed by atoms with Crippen LogP contribution in [0.3, 0.4) is 0 Å². The summed E-state index contributed by atoms with van der Waals surface area (Å²) < 4.78 is 10.6. The third kappa shape index (κ3) is 7.62. The Hall–Kier alpha value is -1.99. The van der Waals surface area contributed by atoms with Crippen LogP contribution in [0, 0.1) is 5.92 Å². The van der Waals surface area contributed by atoms with Crippen LogP contribution in [0.25, 0.3) is 0 Å². The lowest BCUT2D eigenvalue weighted by Gasteiger charge is -2.19. The van der Waals surface area contributed by atoms with Crippen molar-refractivity contribution in [1.82, 2.24) is 5.32 Å². The van der Waals surface area contributed by atoms with Crippen molar-refractivity contribution in [3.8, 4) is 5.75 Å². The van der Waals surface area contributed by atoms with Crippen molar-refractivity contribution in [2.75, 3.05) is 6.61 Å². The van der Waals surface area contributed by atoms with Gasteiger partial charge in [0.15, 0.2) is 6.10 Å². The van der Waals surface area contributed by atoms with Gasteiger partial charge < -0.3 is 15.2 Å². The van der Waals surface area contributed by atoms with Gasteiger partial charge in [-0.25, -0.2) is 4.79 Å². The molecule has 9 heteroatoms. The first-order valence-corrected chi connectivity index (χ1v) is 8.34. The zero-order valence-electron chi connectivity index (χ0n) is 13.9. The number of primary amides is 1.